The van der Waals surface area contributed by atoms with Crippen LogP contribution < -0.4 is 5.32 Å². The summed E-state index contributed by atoms with van der Waals surface area (Å²) >= 11 is 7.26. The smallest absolute Gasteiger partial charge is 0.264 e. The zero-order valence-corrected chi connectivity index (χ0v) is 13.9. The molecule has 0 saturated carbocycles. The zero-order valence-electron chi connectivity index (χ0n) is 12.3. The van der Waals surface area contributed by atoms with Crippen molar-refractivity contribution in [3.63, 3.8) is 0 Å². The van der Waals surface area contributed by atoms with Crippen LogP contribution in [0.1, 0.15) is 21.3 Å². The number of rotatable bonds is 2. The molecule has 4 rings (SSSR count). The summed E-state index contributed by atoms with van der Waals surface area (Å²) in [5.74, 6) is 0.480. The Morgan fingerprint density at radius 1 is 1.30 bits per heavy atom. The second-order valence-electron chi connectivity index (χ2n) is 6.14. The quantitative estimate of drug-likeness (QED) is 0.898. The molecule has 0 radical (unpaired) electrons. The van der Waals surface area contributed by atoms with Gasteiger partial charge in [0, 0.05) is 25.6 Å². The van der Waals surface area contributed by atoms with E-state index in [0.717, 1.165) is 18.7 Å². The first-order valence-electron chi connectivity index (χ1n) is 7.66. The average molecular weight is 351 g/mol. The summed E-state index contributed by atoms with van der Waals surface area (Å²) in [6, 6.07) is 10.0. The van der Waals surface area contributed by atoms with Crippen LogP contribution >= 0.6 is 22.9 Å². The number of nitrogens with zero attached hydrogens (tertiary/aromatic N) is 1. The van der Waals surface area contributed by atoms with Crippen LogP contribution in [0.25, 0.3) is 0 Å². The van der Waals surface area contributed by atoms with Crippen LogP contribution in [0.15, 0.2) is 36.4 Å². The number of benzene rings is 1. The Hall–Kier alpha value is -1.43. The molecule has 3 heterocycles. The Morgan fingerprint density at radius 3 is 2.91 bits per heavy atom. The van der Waals surface area contributed by atoms with E-state index < -0.39 is 0 Å². The van der Waals surface area contributed by atoms with Gasteiger partial charge in [-0.25, -0.2) is 4.39 Å². The van der Waals surface area contributed by atoms with Crippen molar-refractivity contribution in [2.45, 2.75) is 6.04 Å². The predicted octanol–water partition coefficient (Wildman–Crippen LogP) is 3.57. The van der Waals surface area contributed by atoms with Gasteiger partial charge >= 0.3 is 0 Å². The van der Waals surface area contributed by atoms with Gasteiger partial charge in [-0.05, 0) is 35.7 Å². The van der Waals surface area contributed by atoms with Crippen LogP contribution in [0.5, 0.6) is 0 Å². The molecule has 1 aromatic carbocycles. The van der Waals surface area contributed by atoms with Gasteiger partial charge in [-0.1, -0.05) is 23.7 Å². The largest absolute Gasteiger partial charge is 0.330 e. The van der Waals surface area contributed by atoms with E-state index in [1.165, 1.54) is 17.4 Å². The maximum Gasteiger partial charge on any atom is 0.264 e. The molecule has 1 amide bonds. The SMILES string of the molecule is O=C(c1ccc(Cl)s1)N1C[C@@H]2CNC[C@@H]2[C@@H]1c1cccc(F)c1. The molecule has 6 heteroatoms. The lowest BCUT2D eigenvalue weighted by Gasteiger charge is -2.28. The molecule has 2 aliphatic heterocycles. The minimum absolute atomic E-state index is 0.00874. The minimum Gasteiger partial charge on any atom is -0.330 e. The molecular weight excluding hydrogens is 335 g/mol. The average Bonchev–Trinajstić information content (AvgIpc) is 3.21. The number of hydrogen-bond acceptors (Lipinski definition) is 3. The first kappa shape index (κ1) is 15.1. The molecule has 1 N–H and O–H groups in total. The minimum atomic E-state index is -0.261. The third kappa shape index (κ3) is 2.67. The van der Waals surface area contributed by atoms with Crippen LogP contribution in [-0.2, 0) is 0 Å². The van der Waals surface area contributed by atoms with E-state index in [0.29, 0.717) is 27.6 Å². The normalized spacial score (nSPS) is 26.5. The molecule has 1 aromatic heterocycles. The second-order valence-corrected chi connectivity index (χ2v) is 7.86. The number of carbonyl (C=O) groups excluding carboxylic acids is 1. The molecule has 2 aliphatic rings. The molecule has 0 spiro atoms. The lowest BCUT2D eigenvalue weighted by atomic mass is 9.89. The number of nitrogens with one attached hydrogen (secondary N) is 1. The lowest BCUT2D eigenvalue weighted by Crippen LogP contribution is -2.34. The van der Waals surface area contributed by atoms with Crippen molar-refractivity contribution in [2.75, 3.05) is 19.6 Å². The lowest BCUT2D eigenvalue weighted by molar-refractivity contribution is 0.0718. The molecule has 0 bridgehead atoms. The molecule has 3 atom stereocenters. The fourth-order valence-corrected chi connectivity index (χ4v) is 4.82. The third-order valence-electron chi connectivity index (χ3n) is 4.80. The number of hydrogen-bond donors (Lipinski definition) is 1. The van der Waals surface area contributed by atoms with Crippen molar-refractivity contribution in [2.24, 2.45) is 11.8 Å². The molecule has 0 aliphatic carbocycles. The third-order valence-corrected chi connectivity index (χ3v) is 6.02. The summed E-state index contributed by atoms with van der Waals surface area (Å²) in [6.45, 7) is 2.47. The summed E-state index contributed by atoms with van der Waals surface area (Å²) < 4.78 is 14.3. The van der Waals surface area contributed by atoms with Crippen molar-refractivity contribution < 1.29 is 9.18 Å². The number of halogens is 2. The van der Waals surface area contributed by atoms with Crippen LogP contribution in [-0.4, -0.2) is 30.4 Å². The molecule has 120 valence electrons. The van der Waals surface area contributed by atoms with Crippen molar-refractivity contribution in [1.82, 2.24) is 10.2 Å². The van der Waals surface area contributed by atoms with E-state index in [2.05, 4.69) is 5.32 Å². The highest BCUT2D eigenvalue weighted by Gasteiger charge is 2.47. The highest BCUT2D eigenvalue weighted by Crippen LogP contribution is 2.43. The van der Waals surface area contributed by atoms with E-state index in [1.54, 1.807) is 24.3 Å². The molecule has 23 heavy (non-hydrogen) atoms. The summed E-state index contributed by atoms with van der Waals surface area (Å²) in [5, 5.41) is 3.39. The number of likely N-dealkylation sites (tertiary alicyclic amines) is 1. The first-order chi connectivity index (χ1) is 11.1. The Kier molecular flexibility index (Phi) is 3.87. The van der Waals surface area contributed by atoms with Gasteiger partial charge in [0.1, 0.15) is 5.82 Å². The Balaban J connectivity index is 1.71. The Morgan fingerprint density at radius 2 is 2.17 bits per heavy atom. The van der Waals surface area contributed by atoms with E-state index >= 15 is 0 Å². The topological polar surface area (TPSA) is 32.3 Å². The zero-order chi connectivity index (χ0) is 16.0. The highest BCUT2D eigenvalue weighted by atomic mass is 35.5. The molecule has 0 unspecified atom stereocenters. The Labute approximate surface area is 143 Å². The van der Waals surface area contributed by atoms with Crippen LogP contribution in [0, 0.1) is 17.7 Å². The summed E-state index contributed by atoms with van der Waals surface area (Å²) in [5.41, 5.74) is 0.872. The first-order valence-corrected chi connectivity index (χ1v) is 8.85. The predicted molar refractivity (Wildman–Crippen MR) is 89.4 cm³/mol. The fraction of sp³-hybridized carbons (Fsp3) is 0.353. The summed E-state index contributed by atoms with van der Waals surface area (Å²) in [4.78, 5) is 15.5. The van der Waals surface area contributed by atoms with Gasteiger partial charge < -0.3 is 10.2 Å². The van der Waals surface area contributed by atoms with Crippen molar-refractivity contribution in [3.05, 3.63) is 57.0 Å². The van der Waals surface area contributed by atoms with Crippen molar-refractivity contribution >= 4 is 28.8 Å². The molecule has 2 saturated heterocycles. The van der Waals surface area contributed by atoms with Crippen LogP contribution in [0.3, 0.4) is 0 Å². The Bertz CT molecular complexity index is 750. The van der Waals surface area contributed by atoms with Crippen molar-refractivity contribution in [3.8, 4) is 0 Å². The molecule has 3 nitrogen and oxygen atoms in total. The summed E-state index contributed by atoms with van der Waals surface area (Å²) in [7, 11) is 0. The van der Waals surface area contributed by atoms with Crippen molar-refractivity contribution in [1.29, 1.82) is 0 Å². The maximum atomic E-state index is 13.7. The second kappa shape index (κ2) is 5.89. The van der Waals surface area contributed by atoms with Gasteiger partial charge in [-0.2, -0.15) is 0 Å². The van der Waals surface area contributed by atoms with Gasteiger partial charge in [0.15, 0.2) is 0 Å². The monoisotopic (exact) mass is 350 g/mol. The van der Waals surface area contributed by atoms with Crippen LogP contribution in [0.2, 0.25) is 4.34 Å². The highest BCUT2D eigenvalue weighted by molar-refractivity contribution is 7.17. The molecular formula is C17H16ClFN2OS. The van der Waals surface area contributed by atoms with Crippen LogP contribution in [0.4, 0.5) is 4.39 Å². The van der Waals surface area contributed by atoms with E-state index in [9.17, 15) is 9.18 Å². The summed E-state index contributed by atoms with van der Waals surface area (Å²) in [6.07, 6.45) is 0. The van der Waals surface area contributed by atoms with Gasteiger partial charge in [0.2, 0.25) is 0 Å². The van der Waals surface area contributed by atoms with Gasteiger partial charge in [-0.3, -0.25) is 4.79 Å². The van der Waals surface area contributed by atoms with Gasteiger partial charge in [-0.15, -0.1) is 11.3 Å². The standard InChI is InChI=1S/C17H16ClFN2OS/c18-15-5-4-14(23-15)17(22)21-9-11-7-20-8-13(11)16(21)10-2-1-3-12(19)6-10/h1-6,11,13,16,20H,7-9H2/t11-,13-,16-/m0/s1. The van der Waals surface area contributed by atoms with E-state index in [-0.39, 0.29) is 17.8 Å². The van der Waals surface area contributed by atoms with Gasteiger partial charge in [0.05, 0.1) is 15.3 Å². The van der Waals surface area contributed by atoms with E-state index in [1.807, 2.05) is 11.0 Å². The fourth-order valence-electron chi connectivity index (χ4n) is 3.82. The number of thiophene rings is 1. The number of carbonyl (C=O) groups is 1. The maximum absolute atomic E-state index is 13.7. The number of amides is 1. The molecule has 2 aromatic rings. The molecule has 2 fully saturated rings. The van der Waals surface area contributed by atoms with Gasteiger partial charge in [0.25, 0.3) is 5.91 Å². The van der Waals surface area contributed by atoms with E-state index in [4.69, 9.17) is 11.6 Å². The number of fused-ring (bicyclic) bond motifs is 1.